The van der Waals surface area contributed by atoms with Crippen molar-refractivity contribution < 1.29 is 22.3 Å². The van der Waals surface area contributed by atoms with Gasteiger partial charge in [-0.3, -0.25) is 0 Å². The van der Waals surface area contributed by atoms with Gasteiger partial charge in [0.1, 0.15) is 0 Å². The number of halogens is 4. The highest BCUT2D eigenvalue weighted by Crippen LogP contribution is 2.31. The molecule has 0 radical (unpaired) electrons. The zero-order valence-electron chi connectivity index (χ0n) is 17.4. The van der Waals surface area contributed by atoms with E-state index >= 15 is 0 Å². The molecule has 0 unspecified atom stereocenters. The lowest BCUT2D eigenvalue weighted by atomic mass is 10.1. The maximum absolute atomic E-state index is 14.4. The van der Waals surface area contributed by atoms with Crippen LogP contribution in [0.15, 0.2) is 72.9 Å². The Labute approximate surface area is 183 Å². The van der Waals surface area contributed by atoms with Gasteiger partial charge in [0.2, 0.25) is 0 Å². The van der Waals surface area contributed by atoms with Gasteiger partial charge in [0, 0.05) is 37.3 Å². The van der Waals surface area contributed by atoms with Gasteiger partial charge >= 0.3 is 6.18 Å². The topological polar surface area (TPSA) is 26.2 Å². The van der Waals surface area contributed by atoms with E-state index in [0.717, 1.165) is 34.2 Å². The fraction of sp³-hybridized carbons (Fsp3) is 0.200. The molecule has 0 atom stereocenters. The predicted octanol–water partition coefficient (Wildman–Crippen LogP) is 6.15. The number of hydrogen-bond acceptors (Lipinski definition) is 2. The van der Waals surface area contributed by atoms with Crippen LogP contribution in [0, 0.1) is 5.82 Å². The van der Waals surface area contributed by atoms with E-state index in [2.05, 4.69) is 5.32 Å². The predicted molar refractivity (Wildman–Crippen MR) is 116 cm³/mol. The van der Waals surface area contributed by atoms with Crippen molar-refractivity contribution in [1.82, 2.24) is 9.88 Å². The summed E-state index contributed by atoms with van der Waals surface area (Å²) in [6, 6.07) is 18.2. The lowest BCUT2D eigenvalue weighted by Gasteiger charge is -2.09. The van der Waals surface area contributed by atoms with E-state index < -0.39 is 17.6 Å². The summed E-state index contributed by atoms with van der Waals surface area (Å²) in [5, 5.41) is 4.03. The van der Waals surface area contributed by atoms with E-state index in [9.17, 15) is 17.6 Å². The highest BCUT2D eigenvalue weighted by Gasteiger charge is 2.30. The van der Waals surface area contributed by atoms with Crippen molar-refractivity contribution >= 4 is 10.9 Å². The minimum Gasteiger partial charge on any atom is -0.494 e. The number of ether oxygens (including phenoxy) is 1. The van der Waals surface area contributed by atoms with Crippen LogP contribution in [0.4, 0.5) is 17.6 Å². The number of methoxy groups -OCH3 is 1. The lowest BCUT2D eigenvalue weighted by Crippen LogP contribution is -2.13. The molecule has 166 valence electrons. The van der Waals surface area contributed by atoms with E-state index in [-0.39, 0.29) is 12.3 Å². The summed E-state index contributed by atoms with van der Waals surface area (Å²) in [5.41, 5.74) is 2.57. The maximum atomic E-state index is 14.4. The standard InChI is InChI=1S/C25H22F4N2O/c1-32-24-11-21-19(14-30-13-18-8-5-9-20(10-18)25(27,28)29)16-31(23(21)12-22(24)26)15-17-6-3-2-4-7-17/h2-12,16,30H,13-15H2,1H3. The molecule has 0 aliphatic carbocycles. The van der Waals surface area contributed by atoms with Crippen LogP contribution in [0.25, 0.3) is 10.9 Å². The summed E-state index contributed by atoms with van der Waals surface area (Å²) in [6.07, 6.45) is -2.43. The molecule has 3 aromatic carbocycles. The van der Waals surface area contributed by atoms with Gasteiger partial charge in [-0.2, -0.15) is 13.2 Å². The monoisotopic (exact) mass is 442 g/mol. The summed E-state index contributed by atoms with van der Waals surface area (Å²) >= 11 is 0. The minimum atomic E-state index is -4.37. The van der Waals surface area contributed by atoms with Crippen LogP contribution in [0.3, 0.4) is 0 Å². The Kier molecular flexibility index (Phi) is 6.19. The van der Waals surface area contributed by atoms with Gasteiger partial charge in [0.05, 0.1) is 18.2 Å². The van der Waals surface area contributed by atoms with Gasteiger partial charge in [-0.1, -0.05) is 48.5 Å². The number of nitrogens with zero attached hydrogens (tertiary/aromatic N) is 1. The largest absolute Gasteiger partial charge is 0.494 e. The van der Waals surface area contributed by atoms with E-state index in [1.165, 1.54) is 19.2 Å². The Morgan fingerprint density at radius 1 is 0.906 bits per heavy atom. The van der Waals surface area contributed by atoms with Gasteiger partial charge in [-0.25, -0.2) is 4.39 Å². The average molecular weight is 442 g/mol. The van der Waals surface area contributed by atoms with Crippen LogP contribution in [0.5, 0.6) is 5.75 Å². The first-order valence-corrected chi connectivity index (χ1v) is 10.1. The third-order valence-corrected chi connectivity index (χ3v) is 5.33. The summed E-state index contributed by atoms with van der Waals surface area (Å²) < 4.78 is 60.4. The molecule has 0 bridgehead atoms. The number of rotatable bonds is 7. The zero-order valence-corrected chi connectivity index (χ0v) is 17.4. The van der Waals surface area contributed by atoms with Crippen molar-refractivity contribution in [3.05, 3.63) is 101 Å². The molecule has 32 heavy (non-hydrogen) atoms. The summed E-state index contributed by atoms with van der Waals surface area (Å²) in [7, 11) is 1.41. The van der Waals surface area contributed by atoms with E-state index in [1.807, 2.05) is 41.1 Å². The van der Waals surface area contributed by atoms with Gasteiger partial charge in [-0.05, 0) is 28.8 Å². The van der Waals surface area contributed by atoms with Crippen LogP contribution in [0.1, 0.15) is 22.3 Å². The van der Waals surface area contributed by atoms with Crippen LogP contribution >= 0.6 is 0 Å². The Morgan fingerprint density at radius 2 is 1.66 bits per heavy atom. The molecule has 1 N–H and O–H groups in total. The second kappa shape index (κ2) is 9.04. The Hall–Kier alpha value is -3.32. The maximum Gasteiger partial charge on any atom is 0.416 e. The van der Waals surface area contributed by atoms with Crippen molar-refractivity contribution in [1.29, 1.82) is 0 Å². The molecule has 0 saturated heterocycles. The van der Waals surface area contributed by atoms with Crippen LogP contribution in [-0.4, -0.2) is 11.7 Å². The number of fused-ring (bicyclic) bond motifs is 1. The second-order valence-electron chi connectivity index (χ2n) is 7.57. The molecule has 0 spiro atoms. The van der Waals surface area contributed by atoms with E-state index in [0.29, 0.717) is 18.7 Å². The number of hydrogen-bond donors (Lipinski definition) is 1. The van der Waals surface area contributed by atoms with Gasteiger partial charge in [0.25, 0.3) is 0 Å². The third kappa shape index (κ3) is 4.78. The van der Waals surface area contributed by atoms with E-state index in [4.69, 9.17) is 4.74 Å². The number of aromatic nitrogens is 1. The Balaban J connectivity index is 1.59. The number of alkyl halides is 3. The molecule has 7 heteroatoms. The molecule has 3 nitrogen and oxygen atoms in total. The molecule has 1 aromatic heterocycles. The summed E-state index contributed by atoms with van der Waals surface area (Å²) in [4.78, 5) is 0. The normalized spacial score (nSPS) is 11.8. The third-order valence-electron chi connectivity index (χ3n) is 5.33. The number of benzene rings is 3. The van der Waals surface area contributed by atoms with E-state index in [1.54, 1.807) is 12.1 Å². The molecular weight excluding hydrogens is 420 g/mol. The summed E-state index contributed by atoms with van der Waals surface area (Å²) in [5.74, 6) is -0.301. The molecule has 4 rings (SSSR count). The smallest absolute Gasteiger partial charge is 0.416 e. The van der Waals surface area contributed by atoms with Crippen molar-refractivity contribution in [2.75, 3.05) is 7.11 Å². The van der Waals surface area contributed by atoms with Gasteiger partial charge in [-0.15, -0.1) is 0 Å². The zero-order chi connectivity index (χ0) is 22.7. The van der Waals surface area contributed by atoms with Crippen molar-refractivity contribution in [2.45, 2.75) is 25.8 Å². The second-order valence-corrected chi connectivity index (χ2v) is 7.57. The first-order valence-electron chi connectivity index (χ1n) is 10.1. The molecular formula is C25H22F4N2O. The fourth-order valence-corrected chi connectivity index (χ4v) is 3.77. The molecule has 0 saturated carbocycles. The van der Waals surface area contributed by atoms with Crippen molar-refractivity contribution in [3.63, 3.8) is 0 Å². The van der Waals surface area contributed by atoms with Gasteiger partial charge in [0.15, 0.2) is 11.6 Å². The molecule has 4 aromatic rings. The molecule has 0 aliphatic heterocycles. The van der Waals surface area contributed by atoms with Crippen LogP contribution in [0.2, 0.25) is 0 Å². The van der Waals surface area contributed by atoms with Crippen LogP contribution in [-0.2, 0) is 25.8 Å². The minimum absolute atomic E-state index is 0.147. The Bertz CT molecular complexity index is 1220. The van der Waals surface area contributed by atoms with Crippen molar-refractivity contribution in [3.8, 4) is 5.75 Å². The summed E-state index contributed by atoms with van der Waals surface area (Å²) in [6.45, 7) is 1.24. The molecule has 0 amide bonds. The Morgan fingerprint density at radius 3 is 2.38 bits per heavy atom. The van der Waals surface area contributed by atoms with Gasteiger partial charge < -0.3 is 14.6 Å². The molecule has 0 fully saturated rings. The average Bonchev–Trinajstić information content (AvgIpc) is 3.09. The first-order chi connectivity index (χ1) is 15.3. The van der Waals surface area contributed by atoms with Crippen LogP contribution < -0.4 is 10.1 Å². The first kappa shape index (κ1) is 21.9. The highest BCUT2D eigenvalue weighted by atomic mass is 19.4. The van der Waals surface area contributed by atoms with Crippen molar-refractivity contribution in [2.24, 2.45) is 0 Å². The molecule has 0 aliphatic rings. The lowest BCUT2D eigenvalue weighted by molar-refractivity contribution is -0.137. The highest BCUT2D eigenvalue weighted by molar-refractivity contribution is 5.85. The fourth-order valence-electron chi connectivity index (χ4n) is 3.77. The quantitative estimate of drug-likeness (QED) is 0.348. The SMILES string of the molecule is COc1cc2c(CNCc3cccc(C(F)(F)F)c3)cn(Cc3ccccc3)c2cc1F. The number of nitrogens with one attached hydrogen (secondary N) is 1. The molecule has 1 heterocycles.